The third-order valence-corrected chi connectivity index (χ3v) is 5.72. The summed E-state index contributed by atoms with van der Waals surface area (Å²) in [6, 6.07) is 13.1. The van der Waals surface area contributed by atoms with Crippen molar-refractivity contribution in [2.45, 2.75) is 12.5 Å². The number of fused-ring (bicyclic) bond motifs is 2. The lowest BCUT2D eigenvalue weighted by atomic mass is 10.0. The van der Waals surface area contributed by atoms with Crippen molar-refractivity contribution in [3.05, 3.63) is 71.0 Å². The van der Waals surface area contributed by atoms with Gasteiger partial charge in [-0.1, -0.05) is 24.3 Å². The number of hydrogen-bond donors (Lipinski definition) is 2. The number of amides is 1. The highest BCUT2D eigenvalue weighted by atomic mass is 32.1. The van der Waals surface area contributed by atoms with Gasteiger partial charge >= 0.3 is 5.97 Å². The van der Waals surface area contributed by atoms with E-state index in [9.17, 15) is 14.0 Å². The molecule has 1 atom stereocenters. The number of methoxy groups -OCH3 is 1. The highest BCUT2D eigenvalue weighted by Crippen LogP contribution is 2.28. The van der Waals surface area contributed by atoms with Crippen molar-refractivity contribution >= 4 is 44.2 Å². The van der Waals surface area contributed by atoms with E-state index in [1.807, 2.05) is 30.5 Å². The van der Waals surface area contributed by atoms with Gasteiger partial charge in [0.15, 0.2) is 0 Å². The van der Waals surface area contributed by atoms with Gasteiger partial charge in [0, 0.05) is 33.6 Å². The van der Waals surface area contributed by atoms with E-state index < -0.39 is 17.9 Å². The summed E-state index contributed by atoms with van der Waals surface area (Å²) in [5.74, 6) is -1.35. The molecule has 0 aliphatic heterocycles. The van der Waals surface area contributed by atoms with E-state index in [2.05, 4.69) is 10.3 Å². The molecule has 28 heavy (non-hydrogen) atoms. The lowest BCUT2D eigenvalue weighted by molar-refractivity contribution is -0.142. The Balaban J connectivity index is 1.60. The van der Waals surface area contributed by atoms with Crippen LogP contribution >= 0.6 is 11.3 Å². The van der Waals surface area contributed by atoms with Crippen LogP contribution in [-0.4, -0.2) is 30.0 Å². The standard InChI is InChI=1S/C21H17FN2O3S/c1-27-21(26)17(9-12-11-23-16-7-3-2-5-13(12)16)24-20(25)19-10-14-15(22)6-4-8-18(14)28-19/h2-8,10-11,17,23H,9H2,1H3,(H,24,25). The van der Waals surface area contributed by atoms with Gasteiger partial charge in [-0.25, -0.2) is 9.18 Å². The number of para-hydroxylation sites is 1. The zero-order valence-electron chi connectivity index (χ0n) is 15.0. The van der Waals surface area contributed by atoms with E-state index in [0.717, 1.165) is 16.5 Å². The van der Waals surface area contributed by atoms with Gasteiger partial charge in [-0.2, -0.15) is 0 Å². The lowest BCUT2D eigenvalue weighted by Gasteiger charge is -2.15. The zero-order chi connectivity index (χ0) is 19.7. The van der Waals surface area contributed by atoms with Crippen molar-refractivity contribution in [2.75, 3.05) is 7.11 Å². The molecule has 4 aromatic rings. The number of halogens is 1. The lowest BCUT2D eigenvalue weighted by Crippen LogP contribution is -2.42. The van der Waals surface area contributed by atoms with Gasteiger partial charge in [-0.3, -0.25) is 4.79 Å². The van der Waals surface area contributed by atoms with E-state index in [0.29, 0.717) is 15.0 Å². The highest BCUT2D eigenvalue weighted by Gasteiger charge is 2.25. The zero-order valence-corrected chi connectivity index (χ0v) is 15.8. The molecule has 7 heteroatoms. The number of rotatable bonds is 5. The first-order valence-corrected chi connectivity index (χ1v) is 9.50. The SMILES string of the molecule is COC(=O)C(Cc1c[nH]c2ccccc12)NC(=O)c1cc2c(F)cccc2s1. The molecule has 4 rings (SSSR count). The van der Waals surface area contributed by atoms with Crippen LogP contribution in [0, 0.1) is 5.82 Å². The topological polar surface area (TPSA) is 71.2 Å². The summed E-state index contributed by atoms with van der Waals surface area (Å²) in [5.41, 5.74) is 1.85. The molecule has 0 aliphatic rings. The third kappa shape index (κ3) is 3.36. The number of aromatic nitrogens is 1. The maximum absolute atomic E-state index is 13.9. The third-order valence-electron chi connectivity index (χ3n) is 4.62. The fraction of sp³-hybridized carbons (Fsp3) is 0.143. The number of ether oxygens (including phenoxy) is 1. The van der Waals surface area contributed by atoms with Gasteiger partial charge in [-0.05, 0) is 29.8 Å². The smallest absolute Gasteiger partial charge is 0.328 e. The Morgan fingerprint density at radius 2 is 2.00 bits per heavy atom. The van der Waals surface area contributed by atoms with Gasteiger partial charge in [0.1, 0.15) is 11.9 Å². The second kappa shape index (κ2) is 7.44. The molecule has 2 heterocycles. The maximum atomic E-state index is 13.9. The summed E-state index contributed by atoms with van der Waals surface area (Å²) < 4.78 is 19.5. The van der Waals surface area contributed by atoms with E-state index in [-0.39, 0.29) is 12.2 Å². The van der Waals surface area contributed by atoms with Crippen LogP contribution < -0.4 is 5.32 Å². The van der Waals surface area contributed by atoms with Gasteiger partial charge in [-0.15, -0.1) is 11.3 Å². The quantitative estimate of drug-likeness (QED) is 0.500. The molecule has 2 N–H and O–H groups in total. The number of carbonyl (C=O) groups is 2. The molecule has 0 fully saturated rings. The van der Waals surface area contributed by atoms with Crippen molar-refractivity contribution in [1.29, 1.82) is 0 Å². The summed E-state index contributed by atoms with van der Waals surface area (Å²) >= 11 is 1.18. The van der Waals surface area contributed by atoms with Gasteiger partial charge in [0.05, 0.1) is 12.0 Å². The average Bonchev–Trinajstić information content (AvgIpc) is 3.32. The van der Waals surface area contributed by atoms with Crippen LogP contribution in [0.2, 0.25) is 0 Å². The van der Waals surface area contributed by atoms with Crippen molar-refractivity contribution in [3.8, 4) is 0 Å². The minimum absolute atomic E-state index is 0.279. The first kappa shape index (κ1) is 18.2. The number of H-pyrrole nitrogens is 1. The molecule has 0 bridgehead atoms. The second-order valence-electron chi connectivity index (χ2n) is 6.38. The molecule has 142 valence electrons. The van der Waals surface area contributed by atoms with Crippen molar-refractivity contribution in [3.63, 3.8) is 0 Å². The number of carbonyl (C=O) groups excluding carboxylic acids is 2. The monoisotopic (exact) mass is 396 g/mol. The van der Waals surface area contributed by atoms with Crippen LogP contribution in [0.25, 0.3) is 21.0 Å². The molecular formula is C21H17FN2O3S. The minimum Gasteiger partial charge on any atom is -0.467 e. The minimum atomic E-state index is -0.855. The van der Waals surface area contributed by atoms with Crippen molar-refractivity contribution in [1.82, 2.24) is 10.3 Å². The van der Waals surface area contributed by atoms with E-state index in [1.165, 1.54) is 30.6 Å². The number of aromatic amines is 1. The van der Waals surface area contributed by atoms with Crippen LogP contribution in [0.15, 0.2) is 54.7 Å². The largest absolute Gasteiger partial charge is 0.467 e. The van der Waals surface area contributed by atoms with Crippen LogP contribution in [0.3, 0.4) is 0 Å². The molecule has 0 spiro atoms. The van der Waals surface area contributed by atoms with Crippen LogP contribution in [0.5, 0.6) is 0 Å². The predicted molar refractivity (Wildman–Crippen MR) is 107 cm³/mol. The highest BCUT2D eigenvalue weighted by molar-refractivity contribution is 7.20. The van der Waals surface area contributed by atoms with Crippen molar-refractivity contribution in [2.24, 2.45) is 0 Å². The Kier molecular flexibility index (Phi) is 4.83. The number of benzene rings is 2. The summed E-state index contributed by atoms with van der Waals surface area (Å²) in [4.78, 5) is 28.5. The van der Waals surface area contributed by atoms with Crippen LogP contribution in [0.4, 0.5) is 4.39 Å². The van der Waals surface area contributed by atoms with Gasteiger partial charge in [0.2, 0.25) is 0 Å². The molecule has 2 aromatic carbocycles. The van der Waals surface area contributed by atoms with Crippen LogP contribution in [-0.2, 0) is 16.0 Å². The Bertz CT molecular complexity index is 1180. The summed E-state index contributed by atoms with van der Waals surface area (Å²) in [6.45, 7) is 0. The van der Waals surface area contributed by atoms with Crippen LogP contribution in [0.1, 0.15) is 15.2 Å². The normalized spacial score (nSPS) is 12.2. The molecular weight excluding hydrogens is 379 g/mol. The number of esters is 1. The Morgan fingerprint density at radius 3 is 2.79 bits per heavy atom. The van der Waals surface area contributed by atoms with Gasteiger partial charge < -0.3 is 15.0 Å². The first-order valence-electron chi connectivity index (χ1n) is 8.68. The fourth-order valence-corrected chi connectivity index (χ4v) is 4.20. The van der Waals surface area contributed by atoms with Gasteiger partial charge in [0.25, 0.3) is 5.91 Å². The summed E-state index contributed by atoms with van der Waals surface area (Å²) in [6.07, 6.45) is 2.10. The molecule has 0 saturated heterocycles. The number of nitrogens with one attached hydrogen (secondary N) is 2. The second-order valence-corrected chi connectivity index (χ2v) is 7.46. The first-order chi connectivity index (χ1) is 13.6. The molecule has 0 saturated carbocycles. The summed E-state index contributed by atoms with van der Waals surface area (Å²) in [7, 11) is 1.28. The Hall–Kier alpha value is -3.19. The van der Waals surface area contributed by atoms with E-state index >= 15 is 0 Å². The Morgan fingerprint density at radius 1 is 1.18 bits per heavy atom. The molecule has 5 nitrogen and oxygen atoms in total. The number of hydrogen-bond acceptors (Lipinski definition) is 4. The molecule has 1 amide bonds. The molecule has 0 radical (unpaired) electrons. The molecule has 0 aliphatic carbocycles. The predicted octanol–water partition coefficient (Wildman–Crippen LogP) is 4.04. The Labute approximate surface area is 164 Å². The van der Waals surface area contributed by atoms with E-state index in [4.69, 9.17) is 4.74 Å². The molecule has 1 unspecified atom stereocenters. The maximum Gasteiger partial charge on any atom is 0.328 e. The van der Waals surface area contributed by atoms with E-state index in [1.54, 1.807) is 12.1 Å². The average molecular weight is 396 g/mol. The fourth-order valence-electron chi connectivity index (χ4n) is 3.22. The van der Waals surface area contributed by atoms with Crippen molar-refractivity contribution < 1.29 is 18.7 Å². The number of thiophene rings is 1. The summed E-state index contributed by atoms with van der Waals surface area (Å²) in [5, 5.41) is 4.10. The molecule has 2 aromatic heterocycles.